The van der Waals surface area contributed by atoms with Gasteiger partial charge in [-0.05, 0) is 55.3 Å². The molecule has 3 N–H and O–H groups in total. The number of terminal acetylenes is 1. The molecular weight excluding hydrogens is 490 g/mol. The first kappa shape index (κ1) is 26.6. The van der Waals surface area contributed by atoms with Gasteiger partial charge >= 0.3 is 0 Å². The average molecular weight is 519 g/mol. The zero-order valence-corrected chi connectivity index (χ0v) is 21.1. The summed E-state index contributed by atoms with van der Waals surface area (Å²) in [5, 5.41) is 9.25. The summed E-state index contributed by atoms with van der Waals surface area (Å²) in [5.74, 6) is 0.525. The Morgan fingerprint density at radius 2 is 2.00 bits per heavy atom. The van der Waals surface area contributed by atoms with Gasteiger partial charge in [0, 0.05) is 35.8 Å². The molecule has 0 atom stereocenters. The van der Waals surface area contributed by atoms with Crippen molar-refractivity contribution in [2.45, 2.75) is 19.8 Å². The van der Waals surface area contributed by atoms with E-state index < -0.39 is 11.6 Å². The SMILES string of the molecule is C#CCNCCCNC(=O)c1ccc(Nc2nccn3c(-c4ccc(OC)c(F)c4F)cnc23)cc1CC. The Labute approximate surface area is 219 Å². The van der Waals surface area contributed by atoms with Crippen LogP contribution in [0.3, 0.4) is 0 Å². The fraction of sp³-hybridized carbons (Fsp3) is 0.250. The van der Waals surface area contributed by atoms with Crippen LogP contribution >= 0.6 is 0 Å². The van der Waals surface area contributed by atoms with Crippen molar-refractivity contribution < 1.29 is 18.3 Å². The van der Waals surface area contributed by atoms with Crippen LogP contribution in [0.2, 0.25) is 0 Å². The summed E-state index contributed by atoms with van der Waals surface area (Å²) in [6.07, 6.45) is 11.2. The molecule has 0 fully saturated rings. The topological polar surface area (TPSA) is 92.6 Å². The number of anilines is 2. The first-order valence-corrected chi connectivity index (χ1v) is 12.1. The lowest BCUT2D eigenvalue weighted by Crippen LogP contribution is -2.28. The molecule has 0 spiro atoms. The van der Waals surface area contributed by atoms with Crippen LogP contribution in [-0.4, -0.2) is 47.0 Å². The highest BCUT2D eigenvalue weighted by molar-refractivity contribution is 5.96. The number of carbonyl (C=O) groups excluding carboxylic acids is 1. The van der Waals surface area contributed by atoms with E-state index in [0.29, 0.717) is 47.9 Å². The van der Waals surface area contributed by atoms with Crippen molar-refractivity contribution in [3.63, 3.8) is 0 Å². The van der Waals surface area contributed by atoms with Gasteiger partial charge < -0.3 is 20.7 Å². The van der Waals surface area contributed by atoms with E-state index in [1.165, 1.54) is 25.4 Å². The second-order valence-electron chi connectivity index (χ2n) is 8.40. The number of fused-ring (bicyclic) bond motifs is 1. The standard InChI is InChI=1S/C28H28F2N6O2/c1-4-11-31-12-6-13-33-28(37)20-8-7-19(16-18(20)5-2)35-26-27-34-17-22(36(27)15-14-32-26)21-9-10-23(38-3)25(30)24(21)29/h1,7-10,14-17,31H,5-6,11-13H2,2-3H3,(H,32,35)(H,33,37). The predicted molar refractivity (Wildman–Crippen MR) is 143 cm³/mol. The molecule has 2 aromatic carbocycles. The zero-order chi connectivity index (χ0) is 27.1. The Balaban J connectivity index is 1.54. The third-order valence-corrected chi connectivity index (χ3v) is 6.01. The van der Waals surface area contributed by atoms with Gasteiger partial charge in [0.15, 0.2) is 23.0 Å². The predicted octanol–water partition coefficient (Wildman–Crippen LogP) is 4.33. The highest BCUT2D eigenvalue weighted by Gasteiger charge is 2.19. The molecular formula is C28H28F2N6O2. The number of hydrogen-bond acceptors (Lipinski definition) is 6. The number of hydrogen-bond donors (Lipinski definition) is 3. The molecule has 0 saturated carbocycles. The lowest BCUT2D eigenvalue weighted by molar-refractivity contribution is 0.0952. The van der Waals surface area contributed by atoms with Crippen LogP contribution in [-0.2, 0) is 6.42 Å². The van der Waals surface area contributed by atoms with E-state index in [2.05, 4.69) is 31.8 Å². The number of aryl methyl sites for hydroxylation is 1. The molecule has 10 heteroatoms. The summed E-state index contributed by atoms with van der Waals surface area (Å²) in [7, 11) is 1.28. The number of methoxy groups -OCH3 is 1. The van der Waals surface area contributed by atoms with E-state index in [1.54, 1.807) is 28.9 Å². The average Bonchev–Trinajstić information content (AvgIpc) is 3.37. The van der Waals surface area contributed by atoms with Gasteiger partial charge in [0.2, 0.25) is 5.82 Å². The van der Waals surface area contributed by atoms with Gasteiger partial charge in [0.1, 0.15) is 0 Å². The summed E-state index contributed by atoms with van der Waals surface area (Å²) in [6.45, 7) is 3.73. The first-order valence-electron chi connectivity index (χ1n) is 12.1. The Kier molecular flexibility index (Phi) is 8.51. The maximum absolute atomic E-state index is 14.8. The molecule has 0 unspecified atom stereocenters. The Morgan fingerprint density at radius 1 is 1.16 bits per heavy atom. The van der Waals surface area contributed by atoms with Crippen LogP contribution in [0.4, 0.5) is 20.3 Å². The zero-order valence-electron chi connectivity index (χ0n) is 21.1. The molecule has 38 heavy (non-hydrogen) atoms. The third kappa shape index (κ3) is 5.58. The lowest BCUT2D eigenvalue weighted by atomic mass is 10.0. The van der Waals surface area contributed by atoms with Crippen LogP contribution in [0, 0.1) is 24.0 Å². The fourth-order valence-corrected chi connectivity index (χ4v) is 4.09. The molecule has 0 aliphatic heterocycles. The van der Waals surface area contributed by atoms with Crippen LogP contribution in [0.15, 0.2) is 48.9 Å². The van der Waals surface area contributed by atoms with Crippen LogP contribution in [0.5, 0.6) is 5.75 Å². The number of amides is 1. The van der Waals surface area contributed by atoms with E-state index in [0.717, 1.165) is 18.5 Å². The van der Waals surface area contributed by atoms with Crippen molar-refractivity contribution in [3.05, 3.63) is 71.7 Å². The molecule has 2 heterocycles. The number of imidazole rings is 1. The van der Waals surface area contributed by atoms with Gasteiger partial charge in [0.25, 0.3) is 5.91 Å². The molecule has 2 aromatic heterocycles. The number of nitrogens with zero attached hydrogens (tertiary/aromatic N) is 3. The van der Waals surface area contributed by atoms with E-state index in [9.17, 15) is 13.6 Å². The maximum atomic E-state index is 14.8. The molecule has 196 valence electrons. The smallest absolute Gasteiger partial charge is 0.251 e. The Morgan fingerprint density at radius 3 is 2.76 bits per heavy atom. The van der Waals surface area contributed by atoms with Crippen molar-refractivity contribution in [1.82, 2.24) is 25.0 Å². The summed E-state index contributed by atoms with van der Waals surface area (Å²) in [5.41, 5.74) is 3.01. The number of aromatic nitrogens is 3. The highest BCUT2D eigenvalue weighted by atomic mass is 19.2. The fourth-order valence-electron chi connectivity index (χ4n) is 4.09. The van der Waals surface area contributed by atoms with Crippen LogP contribution in [0.25, 0.3) is 16.9 Å². The maximum Gasteiger partial charge on any atom is 0.251 e. The molecule has 0 aliphatic rings. The van der Waals surface area contributed by atoms with Gasteiger partial charge in [-0.25, -0.2) is 14.4 Å². The summed E-state index contributed by atoms with van der Waals surface area (Å²) >= 11 is 0. The number of nitrogens with one attached hydrogen (secondary N) is 3. The van der Waals surface area contributed by atoms with Crippen molar-refractivity contribution in [1.29, 1.82) is 0 Å². The van der Waals surface area contributed by atoms with Crippen molar-refractivity contribution in [3.8, 4) is 29.4 Å². The molecule has 1 amide bonds. The van der Waals surface area contributed by atoms with Crippen molar-refractivity contribution in [2.75, 3.05) is 32.1 Å². The highest BCUT2D eigenvalue weighted by Crippen LogP contribution is 2.31. The molecule has 0 bridgehead atoms. The van der Waals surface area contributed by atoms with Crippen molar-refractivity contribution >= 4 is 23.1 Å². The molecule has 0 radical (unpaired) electrons. The minimum absolute atomic E-state index is 0.0448. The number of benzene rings is 2. The third-order valence-electron chi connectivity index (χ3n) is 6.01. The van der Waals surface area contributed by atoms with Gasteiger partial charge in [-0.15, -0.1) is 6.42 Å². The Hall–Kier alpha value is -4.49. The number of halogens is 2. The normalized spacial score (nSPS) is 10.8. The molecule has 0 saturated heterocycles. The van der Waals surface area contributed by atoms with Crippen LogP contribution in [0.1, 0.15) is 29.3 Å². The monoisotopic (exact) mass is 518 g/mol. The molecule has 4 rings (SSSR count). The summed E-state index contributed by atoms with van der Waals surface area (Å²) < 4.78 is 35.6. The second-order valence-corrected chi connectivity index (χ2v) is 8.40. The minimum Gasteiger partial charge on any atom is -0.494 e. The number of rotatable bonds is 11. The first-order chi connectivity index (χ1) is 18.5. The molecule has 4 aromatic rings. The van der Waals surface area contributed by atoms with E-state index in [-0.39, 0.29) is 17.2 Å². The largest absolute Gasteiger partial charge is 0.494 e. The van der Waals surface area contributed by atoms with E-state index in [4.69, 9.17) is 11.2 Å². The summed E-state index contributed by atoms with van der Waals surface area (Å²) in [6, 6.07) is 8.25. The lowest BCUT2D eigenvalue weighted by Gasteiger charge is -2.13. The minimum atomic E-state index is -1.07. The van der Waals surface area contributed by atoms with Crippen molar-refractivity contribution in [2.24, 2.45) is 0 Å². The van der Waals surface area contributed by atoms with Gasteiger partial charge in [-0.2, -0.15) is 4.39 Å². The molecule has 0 aliphatic carbocycles. The van der Waals surface area contributed by atoms with E-state index >= 15 is 0 Å². The molecule has 8 nitrogen and oxygen atoms in total. The number of ether oxygens (including phenoxy) is 1. The quantitative estimate of drug-likeness (QED) is 0.202. The summed E-state index contributed by atoms with van der Waals surface area (Å²) in [4.78, 5) is 21.5. The number of carbonyl (C=O) groups is 1. The Bertz CT molecular complexity index is 1490. The van der Waals surface area contributed by atoms with Gasteiger partial charge in [0.05, 0.1) is 25.5 Å². The van der Waals surface area contributed by atoms with Crippen LogP contribution < -0.4 is 20.7 Å². The van der Waals surface area contributed by atoms with Gasteiger partial charge in [-0.3, -0.25) is 9.20 Å². The second kappa shape index (κ2) is 12.2. The van der Waals surface area contributed by atoms with E-state index in [1.807, 2.05) is 13.0 Å². The van der Waals surface area contributed by atoms with Gasteiger partial charge in [-0.1, -0.05) is 12.8 Å².